The maximum Gasteiger partial charge on any atom is 0.137 e. The van der Waals surface area contributed by atoms with Crippen LogP contribution in [0.3, 0.4) is 0 Å². The van der Waals surface area contributed by atoms with E-state index in [0.29, 0.717) is 10.5 Å². The van der Waals surface area contributed by atoms with Gasteiger partial charge in [0.25, 0.3) is 0 Å². The van der Waals surface area contributed by atoms with Crippen LogP contribution in [0.1, 0.15) is 24.8 Å². The van der Waals surface area contributed by atoms with Gasteiger partial charge in [0, 0.05) is 19.1 Å². The lowest BCUT2D eigenvalue weighted by Gasteiger charge is -2.28. The first-order valence-electron chi connectivity index (χ1n) is 6.51. The zero-order chi connectivity index (χ0) is 13.0. The fourth-order valence-electron chi connectivity index (χ4n) is 2.48. The van der Waals surface area contributed by atoms with E-state index in [2.05, 4.69) is 33.2 Å². The van der Waals surface area contributed by atoms with Crippen molar-refractivity contribution in [3.8, 4) is 0 Å². The second kappa shape index (κ2) is 6.64. The third kappa shape index (κ3) is 3.77. The van der Waals surface area contributed by atoms with E-state index in [1.807, 2.05) is 6.07 Å². The van der Waals surface area contributed by atoms with Crippen molar-refractivity contribution in [2.45, 2.75) is 31.8 Å². The molecule has 1 fully saturated rings. The maximum atomic E-state index is 13.4. The Kier molecular flexibility index (Phi) is 5.15. The van der Waals surface area contributed by atoms with E-state index >= 15 is 0 Å². The summed E-state index contributed by atoms with van der Waals surface area (Å²) >= 11 is 3.32. The van der Waals surface area contributed by atoms with Gasteiger partial charge in [0.15, 0.2) is 0 Å². The number of rotatable bonds is 4. The minimum atomic E-state index is -0.184. The fourth-order valence-corrected chi connectivity index (χ4v) is 2.87. The first-order valence-corrected chi connectivity index (χ1v) is 7.31. The van der Waals surface area contributed by atoms with Crippen LogP contribution in [0.5, 0.6) is 0 Å². The van der Waals surface area contributed by atoms with Crippen LogP contribution >= 0.6 is 15.9 Å². The third-order valence-corrected chi connectivity index (χ3v) is 4.30. The van der Waals surface area contributed by atoms with Crippen molar-refractivity contribution in [1.29, 1.82) is 0 Å². The smallest absolute Gasteiger partial charge is 0.137 e. The molecule has 0 radical (unpaired) electrons. The molecule has 0 aromatic heterocycles. The molecule has 1 aromatic rings. The van der Waals surface area contributed by atoms with Gasteiger partial charge in [0.1, 0.15) is 5.82 Å². The predicted molar refractivity (Wildman–Crippen MR) is 76.1 cm³/mol. The molecular formula is C14H20BrFN2. The fraction of sp³-hybridized carbons (Fsp3) is 0.571. The molecule has 18 heavy (non-hydrogen) atoms. The van der Waals surface area contributed by atoms with Crippen LogP contribution in [0.15, 0.2) is 22.7 Å². The SMILES string of the molecule is CN(Cc1cccc(F)c1Br)CC1CCCCN1. The van der Waals surface area contributed by atoms with Gasteiger partial charge in [-0.2, -0.15) is 0 Å². The van der Waals surface area contributed by atoms with Crippen molar-refractivity contribution in [3.05, 3.63) is 34.1 Å². The zero-order valence-electron chi connectivity index (χ0n) is 10.8. The molecule has 0 spiro atoms. The zero-order valence-corrected chi connectivity index (χ0v) is 12.3. The predicted octanol–water partition coefficient (Wildman–Crippen LogP) is 3.16. The summed E-state index contributed by atoms with van der Waals surface area (Å²) < 4.78 is 14.0. The van der Waals surface area contributed by atoms with Crippen molar-refractivity contribution >= 4 is 15.9 Å². The molecule has 1 aliphatic heterocycles. The second-order valence-corrected chi connectivity index (χ2v) is 5.85. The number of hydrogen-bond donors (Lipinski definition) is 1. The first-order chi connectivity index (χ1) is 8.66. The molecule has 0 aliphatic carbocycles. The largest absolute Gasteiger partial charge is 0.313 e. The normalized spacial score (nSPS) is 20.3. The van der Waals surface area contributed by atoms with Gasteiger partial charge in [-0.15, -0.1) is 0 Å². The minimum Gasteiger partial charge on any atom is -0.313 e. The van der Waals surface area contributed by atoms with Gasteiger partial charge >= 0.3 is 0 Å². The van der Waals surface area contributed by atoms with E-state index in [9.17, 15) is 4.39 Å². The summed E-state index contributed by atoms with van der Waals surface area (Å²) in [5.74, 6) is -0.184. The lowest BCUT2D eigenvalue weighted by atomic mass is 10.0. The highest BCUT2D eigenvalue weighted by Crippen LogP contribution is 2.21. The molecule has 0 saturated carbocycles. The average Bonchev–Trinajstić information content (AvgIpc) is 2.36. The van der Waals surface area contributed by atoms with E-state index in [0.717, 1.165) is 25.2 Å². The highest BCUT2D eigenvalue weighted by molar-refractivity contribution is 9.10. The molecule has 0 amide bonds. The monoisotopic (exact) mass is 314 g/mol. The molecule has 2 rings (SSSR count). The van der Waals surface area contributed by atoms with Gasteiger partial charge in [-0.05, 0) is 54.0 Å². The van der Waals surface area contributed by atoms with Gasteiger partial charge in [0.2, 0.25) is 0 Å². The molecule has 1 N–H and O–H groups in total. The number of likely N-dealkylation sites (N-methyl/N-ethyl adjacent to an activating group) is 1. The minimum absolute atomic E-state index is 0.184. The Bertz CT molecular complexity index is 391. The van der Waals surface area contributed by atoms with Gasteiger partial charge in [-0.25, -0.2) is 4.39 Å². The Morgan fingerprint density at radius 3 is 3.00 bits per heavy atom. The Labute approximate surface area is 117 Å². The molecule has 1 heterocycles. The van der Waals surface area contributed by atoms with Crippen molar-refractivity contribution in [1.82, 2.24) is 10.2 Å². The van der Waals surface area contributed by atoms with Crippen molar-refractivity contribution in [2.24, 2.45) is 0 Å². The highest BCUT2D eigenvalue weighted by atomic mass is 79.9. The van der Waals surface area contributed by atoms with Crippen LogP contribution in [0.25, 0.3) is 0 Å². The molecule has 0 bridgehead atoms. The second-order valence-electron chi connectivity index (χ2n) is 5.06. The van der Waals surface area contributed by atoms with E-state index < -0.39 is 0 Å². The molecule has 1 aromatic carbocycles. The average molecular weight is 315 g/mol. The van der Waals surface area contributed by atoms with Crippen molar-refractivity contribution < 1.29 is 4.39 Å². The first kappa shape index (κ1) is 14.0. The lowest BCUT2D eigenvalue weighted by molar-refractivity contribution is 0.256. The highest BCUT2D eigenvalue weighted by Gasteiger charge is 2.15. The number of hydrogen-bond acceptors (Lipinski definition) is 2. The summed E-state index contributed by atoms with van der Waals surface area (Å²) in [4.78, 5) is 2.25. The molecule has 1 aliphatic rings. The molecule has 1 unspecified atom stereocenters. The topological polar surface area (TPSA) is 15.3 Å². The quantitative estimate of drug-likeness (QED) is 0.918. The van der Waals surface area contributed by atoms with E-state index in [1.165, 1.54) is 25.3 Å². The van der Waals surface area contributed by atoms with Gasteiger partial charge in [-0.3, -0.25) is 0 Å². The number of nitrogens with one attached hydrogen (secondary N) is 1. The lowest BCUT2D eigenvalue weighted by Crippen LogP contribution is -2.42. The molecular weight excluding hydrogens is 295 g/mol. The van der Waals surface area contributed by atoms with Crippen LogP contribution in [-0.2, 0) is 6.54 Å². The number of nitrogens with zero attached hydrogens (tertiary/aromatic N) is 1. The Hall–Kier alpha value is -0.450. The van der Waals surface area contributed by atoms with E-state index in [4.69, 9.17) is 0 Å². The summed E-state index contributed by atoms with van der Waals surface area (Å²) in [7, 11) is 2.09. The summed E-state index contributed by atoms with van der Waals surface area (Å²) in [5.41, 5.74) is 1.01. The summed E-state index contributed by atoms with van der Waals surface area (Å²) in [6.45, 7) is 2.92. The van der Waals surface area contributed by atoms with Crippen LogP contribution < -0.4 is 5.32 Å². The van der Waals surface area contributed by atoms with Crippen molar-refractivity contribution in [2.75, 3.05) is 20.1 Å². The standard InChI is InChI=1S/C14H20BrFN2/c1-18(10-12-6-2-3-8-17-12)9-11-5-4-7-13(16)14(11)15/h4-5,7,12,17H,2-3,6,8-10H2,1H3. The number of halogens is 2. The molecule has 100 valence electrons. The molecule has 4 heteroatoms. The van der Waals surface area contributed by atoms with E-state index in [1.54, 1.807) is 6.07 Å². The van der Waals surface area contributed by atoms with Crippen LogP contribution in [0, 0.1) is 5.82 Å². The summed E-state index contributed by atoms with van der Waals surface area (Å²) in [6, 6.07) is 5.80. The molecule has 2 nitrogen and oxygen atoms in total. The summed E-state index contributed by atoms with van der Waals surface area (Å²) in [5, 5.41) is 3.53. The summed E-state index contributed by atoms with van der Waals surface area (Å²) in [6.07, 6.45) is 3.85. The number of benzene rings is 1. The molecule has 1 atom stereocenters. The van der Waals surface area contributed by atoms with Crippen LogP contribution in [-0.4, -0.2) is 31.1 Å². The van der Waals surface area contributed by atoms with E-state index in [-0.39, 0.29) is 5.82 Å². The Balaban J connectivity index is 1.90. The molecule has 1 saturated heterocycles. The number of piperidine rings is 1. The Morgan fingerprint density at radius 2 is 2.28 bits per heavy atom. The van der Waals surface area contributed by atoms with Crippen molar-refractivity contribution in [3.63, 3.8) is 0 Å². The maximum absolute atomic E-state index is 13.4. The van der Waals surface area contributed by atoms with Gasteiger partial charge in [0.05, 0.1) is 4.47 Å². The van der Waals surface area contributed by atoms with Crippen LogP contribution in [0.4, 0.5) is 4.39 Å². The third-order valence-electron chi connectivity index (χ3n) is 3.42. The Morgan fingerprint density at radius 1 is 1.44 bits per heavy atom. The van der Waals surface area contributed by atoms with Gasteiger partial charge in [-0.1, -0.05) is 18.6 Å². The van der Waals surface area contributed by atoms with Gasteiger partial charge < -0.3 is 10.2 Å². The van der Waals surface area contributed by atoms with Crippen LogP contribution in [0.2, 0.25) is 0 Å².